The Hall–Kier alpha value is -1.29. The van der Waals surface area contributed by atoms with Crippen LogP contribution in [-0.2, 0) is 4.74 Å². The van der Waals surface area contributed by atoms with E-state index in [1.807, 2.05) is 19.1 Å². The van der Waals surface area contributed by atoms with Crippen molar-refractivity contribution in [1.82, 2.24) is 4.98 Å². The van der Waals surface area contributed by atoms with Crippen molar-refractivity contribution in [1.29, 1.82) is 0 Å². The maximum Gasteiger partial charge on any atom is 0.125 e. The van der Waals surface area contributed by atoms with Crippen LogP contribution in [0.1, 0.15) is 13.3 Å². The lowest BCUT2D eigenvalue weighted by molar-refractivity contribution is 0.147. The molecule has 0 amide bonds. The fourth-order valence-corrected chi connectivity index (χ4v) is 1.11. The number of nitrogens with two attached hydrogens (primary N) is 1. The van der Waals surface area contributed by atoms with Gasteiger partial charge in [-0.25, -0.2) is 4.98 Å². The van der Waals surface area contributed by atoms with E-state index in [9.17, 15) is 0 Å². The smallest absolute Gasteiger partial charge is 0.125 e. The Morgan fingerprint density at radius 3 is 3.14 bits per heavy atom. The molecule has 14 heavy (non-hydrogen) atoms. The van der Waals surface area contributed by atoms with Gasteiger partial charge >= 0.3 is 0 Å². The number of pyridine rings is 1. The summed E-state index contributed by atoms with van der Waals surface area (Å²) in [7, 11) is 0. The molecule has 0 unspecified atom stereocenters. The molecule has 4 heteroatoms. The minimum atomic E-state index is 0.541. The summed E-state index contributed by atoms with van der Waals surface area (Å²) in [4.78, 5) is 3.91. The van der Waals surface area contributed by atoms with E-state index in [0.717, 1.165) is 31.9 Å². The number of hydrogen-bond donors (Lipinski definition) is 2. The van der Waals surface area contributed by atoms with E-state index >= 15 is 0 Å². The van der Waals surface area contributed by atoms with E-state index in [0.29, 0.717) is 5.82 Å². The Morgan fingerprint density at radius 1 is 1.57 bits per heavy atom. The van der Waals surface area contributed by atoms with E-state index in [4.69, 9.17) is 10.5 Å². The van der Waals surface area contributed by atoms with Crippen LogP contribution in [0.5, 0.6) is 0 Å². The Morgan fingerprint density at radius 2 is 2.43 bits per heavy atom. The summed E-state index contributed by atoms with van der Waals surface area (Å²) in [5.74, 6) is 0.541. The van der Waals surface area contributed by atoms with Gasteiger partial charge in [0.15, 0.2) is 0 Å². The lowest BCUT2D eigenvalue weighted by Crippen LogP contribution is -2.06. The monoisotopic (exact) mass is 195 g/mol. The van der Waals surface area contributed by atoms with Crippen molar-refractivity contribution in [3.05, 3.63) is 18.3 Å². The minimum Gasteiger partial charge on any atom is -0.385 e. The largest absolute Gasteiger partial charge is 0.385 e. The number of nitrogen functional groups attached to an aromatic ring is 1. The van der Waals surface area contributed by atoms with Crippen LogP contribution < -0.4 is 11.1 Å². The van der Waals surface area contributed by atoms with Crippen molar-refractivity contribution in [3.63, 3.8) is 0 Å². The highest BCUT2D eigenvalue weighted by atomic mass is 16.5. The molecule has 3 N–H and O–H groups in total. The summed E-state index contributed by atoms with van der Waals surface area (Å²) in [6.45, 7) is 4.46. The van der Waals surface area contributed by atoms with Gasteiger partial charge in [0.2, 0.25) is 0 Å². The molecule has 0 aromatic carbocycles. The highest BCUT2D eigenvalue weighted by Gasteiger charge is 1.92. The number of nitrogens with one attached hydrogen (secondary N) is 1. The lowest BCUT2D eigenvalue weighted by Gasteiger charge is -2.06. The third-order valence-corrected chi connectivity index (χ3v) is 1.78. The van der Waals surface area contributed by atoms with Gasteiger partial charge in [-0.3, -0.25) is 0 Å². The van der Waals surface area contributed by atoms with Gasteiger partial charge in [0, 0.05) is 37.7 Å². The zero-order valence-electron chi connectivity index (χ0n) is 8.49. The fourth-order valence-electron chi connectivity index (χ4n) is 1.11. The summed E-state index contributed by atoms with van der Waals surface area (Å²) >= 11 is 0. The second-order valence-electron chi connectivity index (χ2n) is 2.95. The second-order valence-corrected chi connectivity index (χ2v) is 2.95. The number of nitrogens with zero attached hydrogens (tertiary/aromatic N) is 1. The number of aromatic nitrogens is 1. The summed E-state index contributed by atoms with van der Waals surface area (Å²) in [5, 5.41) is 3.24. The average Bonchev–Trinajstić information content (AvgIpc) is 2.18. The van der Waals surface area contributed by atoms with E-state index in [1.54, 1.807) is 6.20 Å². The number of ether oxygens (including phenoxy) is 1. The Bertz CT molecular complexity index is 265. The van der Waals surface area contributed by atoms with Crippen molar-refractivity contribution in [3.8, 4) is 0 Å². The molecule has 0 fully saturated rings. The molecule has 0 aliphatic rings. The van der Waals surface area contributed by atoms with Gasteiger partial charge in [-0.05, 0) is 19.4 Å². The highest BCUT2D eigenvalue weighted by Crippen LogP contribution is 2.08. The minimum absolute atomic E-state index is 0.541. The van der Waals surface area contributed by atoms with Crippen molar-refractivity contribution >= 4 is 11.5 Å². The molecule has 0 saturated carbocycles. The molecule has 1 rings (SSSR count). The predicted molar refractivity (Wildman–Crippen MR) is 58.2 cm³/mol. The first-order valence-corrected chi connectivity index (χ1v) is 4.86. The number of hydrogen-bond acceptors (Lipinski definition) is 4. The summed E-state index contributed by atoms with van der Waals surface area (Å²) in [5.41, 5.74) is 6.54. The molecule has 0 radical (unpaired) electrons. The van der Waals surface area contributed by atoms with Crippen LogP contribution in [0.15, 0.2) is 18.3 Å². The van der Waals surface area contributed by atoms with Gasteiger partial charge in [0.25, 0.3) is 0 Å². The second kappa shape index (κ2) is 6.21. The third kappa shape index (κ3) is 4.09. The van der Waals surface area contributed by atoms with E-state index in [1.165, 1.54) is 0 Å². The van der Waals surface area contributed by atoms with Gasteiger partial charge in [0.1, 0.15) is 5.82 Å². The van der Waals surface area contributed by atoms with Gasteiger partial charge in [0.05, 0.1) is 0 Å². The molecule has 4 nitrogen and oxygen atoms in total. The van der Waals surface area contributed by atoms with Crippen molar-refractivity contribution in [2.75, 3.05) is 30.8 Å². The van der Waals surface area contributed by atoms with Gasteiger partial charge in [-0.15, -0.1) is 0 Å². The zero-order chi connectivity index (χ0) is 10.2. The molecule has 1 aromatic rings. The molecule has 0 aliphatic carbocycles. The maximum atomic E-state index is 5.53. The van der Waals surface area contributed by atoms with Crippen molar-refractivity contribution < 1.29 is 4.74 Å². The van der Waals surface area contributed by atoms with Crippen LogP contribution in [0.2, 0.25) is 0 Å². The van der Waals surface area contributed by atoms with Gasteiger partial charge in [-0.1, -0.05) is 0 Å². The zero-order valence-corrected chi connectivity index (χ0v) is 8.49. The SMILES string of the molecule is CCOCCCNc1ccnc(N)c1. The summed E-state index contributed by atoms with van der Waals surface area (Å²) in [6, 6.07) is 3.72. The van der Waals surface area contributed by atoms with Crippen LogP contribution in [0.3, 0.4) is 0 Å². The molecule has 0 aliphatic heterocycles. The Balaban J connectivity index is 2.18. The number of anilines is 2. The number of rotatable bonds is 6. The lowest BCUT2D eigenvalue weighted by atomic mass is 10.3. The van der Waals surface area contributed by atoms with Gasteiger partial charge in [-0.2, -0.15) is 0 Å². The molecule has 0 saturated heterocycles. The Kier molecular flexibility index (Phi) is 4.78. The van der Waals surface area contributed by atoms with Crippen LogP contribution in [0.4, 0.5) is 11.5 Å². The predicted octanol–water partition coefficient (Wildman–Crippen LogP) is 1.50. The van der Waals surface area contributed by atoms with Gasteiger partial charge < -0.3 is 15.8 Å². The maximum absolute atomic E-state index is 5.53. The highest BCUT2D eigenvalue weighted by molar-refractivity contribution is 5.49. The van der Waals surface area contributed by atoms with Crippen LogP contribution >= 0.6 is 0 Å². The van der Waals surface area contributed by atoms with E-state index in [2.05, 4.69) is 10.3 Å². The summed E-state index contributed by atoms with van der Waals surface area (Å²) < 4.78 is 5.22. The molecule has 1 aromatic heterocycles. The van der Waals surface area contributed by atoms with E-state index < -0.39 is 0 Å². The molecule has 0 atom stereocenters. The third-order valence-electron chi connectivity index (χ3n) is 1.78. The molecule has 0 bridgehead atoms. The average molecular weight is 195 g/mol. The molecular weight excluding hydrogens is 178 g/mol. The molecular formula is C10H17N3O. The standard InChI is InChI=1S/C10H17N3O/c1-2-14-7-3-5-12-9-4-6-13-10(11)8-9/h4,6,8H,2-3,5,7H2,1H3,(H3,11,12,13). The summed E-state index contributed by atoms with van der Waals surface area (Å²) in [6.07, 6.45) is 2.69. The van der Waals surface area contributed by atoms with Crippen molar-refractivity contribution in [2.45, 2.75) is 13.3 Å². The van der Waals surface area contributed by atoms with Crippen molar-refractivity contribution in [2.24, 2.45) is 0 Å². The normalized spacial score (nSPS) is 10.1. The molecule has 0 spiro atoms. The van der Waals surface area contributed by atoms with Crippen LogP contribution in [0.25, 0.3) is 0 Å². The molecule has 1 heterocycles. The van der Waals surface area contributed by atoms with Crippen LogP contribution in [-0.4, -0.2) is 24.7 Å². The first-order chi connectivity index (χ1) is 6.83. The van der Waals surface area contributed by atoms with Crippen LogP contribution in [0, 0.1) is 0 Å². The van der Waals surface area contributed by atoms with E-state index in [-0.39, 0.29) is 0 Å². The topological polar surface area (TPSA) is 60.2 Å². The molecule has 78 valence electrons. The quantitative estimate of drug-likeness (QED) is 0.675. The Labute approximate surface area is 84.5 Å². The fraction of sp³-hybridized carbons (Fsp3) is 0.500. The first kappa shape index (κ1) is 10.8. The first-order valence-electron chi connectivity index (χ1n) is 4.86.